The van der Waals surface area contributed by atoms with Gasteiger partial charge in [0.25, 0.3) is 0 Å². The minimum atomic E-state index is -4.71. The third-order valence-electron chi connectivity index (χ3n) is 3.58. The van der Waals surface area contributed by atoms with Crippen LogP contribution >= 0.6 is 11.6 Å². The molecule has 2 aromatic carbocycles. The number of hydrogen-bond acceptors (Lipinski definition) is 5. The van der Waals surface area contributed by atoms with Crippen LogP contribution in [0.25, 0.3) is 11.4 Å². The average Bonchev–Trinajstić information content (AvgIpc) is 3.13. The summed E-state index contributed by atoms with van der Waals surface area (Å²) < 4.78 is 47.1. The molecule has 27 heavy (non-hydrogen) atoms. The van der Waals surface area contributed by atoms with E-state index < -0.39 is 12.1 Å². The van der Waals surface area contributed by atoms with Crippen LogP contribution in [0.3, 0.4) is 0 Å². The number of Topliss-reactive ketones (excluding diaryl/α,β-unsaturated/α-hetero) is 1. The molecule has 5 nitrogen and oxygen atoms in total. The Balaban J connectivity index is 1.68. The number of aryl methyl sites for hydroxylation is 1. The molecular weight excluding hydrogens is 385 g/mol. The number of alkyl halides is 3. The number of rotatable bonds is 5. The molecule has 0 fully saturated rings. The van der Waals surface area contributed by atoms with E-state index in [9.17, 15) is 18.0 Å². The molecule has 140 valence electrons. The van der Waals surface area contributed by atoms with Crippen molar-refractivity contribution in [3.05, 3.63) is 64.5 Å². The van der Waals surface area contributed by atoms with E-state index in [1.54, 1.807) is 12.1 Å². The van der Waals surface area contributed by atoms with Crippen LogP contribution in [0.15, 0.2) is 47.0 Å². The number of carbonyl (C=O) groups excluding carboxylic acids is 1. The van der Waals surface area contributed by atoms with Crippen molar-refractivity contribution in [1.82, 2.24) is 10.1 Å². The maximum atomic E-state index is 12.5. The molecule has 0 unspecified atom stereocenters. The van der Waals surface area contributed by atoms with Gasteiger partial charge in [-0.1, -0.05) is 47.1 Å². The number of nitrogens with zero attached hydrogens (tertiary/aromatic N) is 2. The molecule has 3 aromatic rings. The third kappa shape index (κ3) is 4.46. The molecule has 1 aromatic heterocycles. The SMILES string of the molecule is Cc1ccc(Cl)c(OCC(=O)c2ccc(-c3noc(C(F)(F)F)n3)cc2)c1. The Morgan fingerprint density at radius 1 is 1.19 bits per heavy atom. The summed E-state index contributed by atoms with van der Waals surface area (Å²) in [5.41, 5.74) is 1.54. The van der Waals surface area contributed by atoms with Crippen molar-refractivity contribution in [3.8, 4) is 17.1 Å². The van der Waals surface area contributed by atoms with Gasteiger partial charge in [-0.15, -0.1) is 0 Å². The van der Waals surface area contributed by atoms with Gasteiger partial charge in [-0.05, 0) is 24.6 Å². The van der Waals surface area contributed by atoms with E-state index in [4.69, 9.17) is 16.3 Å². The Morgan fingerprint density at radius 3 is 2.52 bits per heavy atom. The first-order valence-corrected chi connectivity index (χ1v) is 8.05. The number of benzene rings is 2. The van der Waals surface area contributed by atoms with Crippen molar-refractivity contribution in [2.45, 2.75) is 13.1 Å². The maximum absolute atomic E-state index is 12.5. The lowest BCUT2D eigenvalue weighted by Gasteiger charge is -2.08. The number of aromatic nitrogens is 2. The van der Waals surface area contributed by atoms with E-state index in [1.807, 2.05) is 13.0 Å². The van der Waals surface area contributed by atoms with Gasteiger partial charge in [0, 0.05) is 11.1 Å². The van der Waals surface area contributed by atoms with E-state index >= 15 is 0 Å². The molecule has 0 bridgehead atoms. The predicted octanol–water partition coefficient (Wildman–Crippen LogP) is 4.98. The van der Waals surface area contributed by atoms with Crippen molar-refractivity contribution >= 4 is 17.4 Å². The highest BCUT2D eigenvalue weighted by molar-refractivity contribution is 6.32. The first-order chi connectivity index (χ1) is 12.7. The molecular formula is C18H12ClF3N2O3. The number of ketones is 1. The summed E-state index contributed by atoms with van der Waals surface area (Å²) in [6.45, 7) is 1.63. The summed E-state index contributed by atoms with van der Waals surface area (Å²) in [7, 11) is 0. The van der Waals surface area contributed by atoms with Crippen LogP contribution in [-0.4, -0.2) is 22.5 Å². The summed E-state index contributed by atoms with van der Waals surface area (Å²) in [5, 5.41) is 3.68. The Kier molecular flexibility index (Phi) is 5.18. The van der Waals surface area contributed by atoms with E-state index in [0.717, 1.165) is 5.56 Å². The van der Waals surface area contributed by atoms with Crippen molar-refractivity contribution in [1.29, 1.82) is 0 Å². The topological polar surface area (TPSA) is 65.2 Å². The lowest BCUT2D eigenvalue weighted by Crippen LogP contribution is -2.11. The number of ether oxygens (including phenoxy) is 1. The largest absolute Gasteiger partial charge is 0.484 e. The zero-order valence-electron chi connectivity index (χ0n) is 13.9. The van der Waals surface area contributed by atoms with E-state index in [0.29, 0.717) is 16.3 Å². The molecule has 0 atom stereocenters. The van der Waals surface area contributed by atoms with Crippen LogP contribution in [0.2, 0.25) is 5.02 Å². The molecule has 0 aliphatic carbocycles. The van der Waals surface area contributed by atoms with Crippen molar-refractivity contribution in [2.24, 2.45) is 0 Å². The third-order valence-corrected chi connectivity index (χ3v) is 3.89. The molecule has 0 spiro atoms. The van der Waals surface area contributed by atoms with E-state index in [1.165, 1.54) is 24.3 Å². The molecule has 0 aliphatic heterocycles. The average molecular weight is 397 g/mol. The normalized spacial score (nSPS) is 11.4. The highest BCUT2D eigenvalue weighted by atomic mass is 35.5. The summed E-state index contributed by atoms with van der Waals surface area (Å²) in [6, 6.07) is 11.0. The molecule has 0 saturated heterocycles. The Labute approximate surface area is 156 Å². The highest BCUT2D eigenvalue weighted by Crippen LogP contribution is 2.29. The molecule has 0 radical (unpaired) electrons. The maximum Gasteiger partial charge on any atom is 0.471 e. The van der Waals surface area contributed by atoms with Crippen molar-refractivity contribution in [3.63, 3.8) is 0 Å². The van der Waals surface area contributed by atoms with Gasteiger partial charge < -0.3 is 9.26 Å². The summed E-state index contributed by atoms with van der Waals surface area (Å²) in [6.07, 6.45) is -4.71. The fourth-order valence-corrected chi connectivity index (χ4v) is 2.38. The van der Waals surface area contributed by atoms with Crippen LogP contribution in [0.1, 0.15) is 21.8 Å². The molecule has 3 rings (SSSR count). The second-order valence-corrected chi connectivity index (χ2v) is 6.05. The molecule has 0 saturated carbocycles. The first kappa shape index (κ1) is 18.9. The Morgan fingerprint density at radius 2 is 1.89 bits per heavy atom. The monoisotopic (exact) mass is 396 g/mol. The minimum Gasteiger partial charge on any atom is -0.484 e. The number of carbonyl (C=O) groups is 1. The second kappa shape index (κ2) is 7.40. The summed E-state index contributed by atoms with van der Waals surface area (Å²) in [5.74, 6) is -1.57. The Hall–Kier alpha value is -2.87. The summed E-state index contributed by atoms with van der Waals surface area (Å²) in [4.78, 5) is 15.5. The molecule has 0 aliphatic rings. The number of halogens is 4. The summed E-state index contributed by atoms with van der Waals surface area (Å²) >= 11 is 6.01. The number of hydrogen-bond donors (Lipinski definition) is 0. The molecule has 0 N–H and O–H groups in total. The van der Waals surface area contributed by atoms with Crippen LogP contribution in [0, 0.1) is 6.92 Å². The van der Waals surface area contributed by atoms with E-state index in [-0.39, 0.29) is 23.8 Å². The van der Waals surface area contributed by atoms with Gasteiger partial charge in [0.15, 0.2) is 12.4 Å². The van der Waals surface area contributed by atoms with Gasteiger partial charge in [-0.25, -0.2) is 0 Å². The van der Waals surface area contributed by atoms with Crippen LogP contribution in [-0.2, 0) is 6.18 Å². The smallest absolute Gasteiger partial charge is 0.471 e. The van der Waals surface area contributed by atoms with Gasteiger partial charge in [0.05, 0.1) is 5.02 Å². The van der Waals surface area contributed by atoms with Gasteiger partial charge in [0.1, 0.15) is 5.75 Å². The van der Waals surface area contributed by atoms with Crippen molar-refractivity contribution in [2.75, 3.05) is 6.61 Å². The first-order valence-electron chi connectivity index (χ1n) is 7.67. The van der Waals surface area contributed by atoms with Gasteiger partial charge in [-0.2, -0.15) is 18.2 Å². The quantitative estimate of drug-likeness (QED) is 0.569. The fourth-order valence-electron chi connectivity index (χ4n) is 2.21. The standard InChI is InChI=1S/C18H12ClF3N2O3/c1-10-2-7-13(19)15(8-10)26-9-14(25)11-3-5-12(6-4-11)16-23-17(27-24-16)18(20,21)22/h2-8H,9H2,1H3. The van der Waals surface area contributed by atoms with Gasteiger partial charge in [0.2, 0.25) is 5.82 Å². The van der Waals surface area contributed by atoms with Gasteiger partial charge >= 0.3 is 12.1 Å². The lowest BCUT2D eigenvalue weighted by atomic mass is 10.1. The van der Waals surface area contributed by atoms with Gasteiger partial charge in [-0.3, -0.25) is 4.79 Å². The van der Waals surface area contributed by atoms with Crippen LogP contribution in [0.4, 0.5) is 13.2 Å². The highest BCUT2D eigenvalue weighted by Gasteiger charge is 2.38. The van der Waals surface area contributed by atoms with Crippen molar-refractivity contribution < 1.29 is 27.2 Å². The van der Waals surface area contributed by atoms with Crippen LogP contribution in [0.5, 0.6) is 5.75 Å². The zero-order valence-corrected chi connectivity index (χ0v) is 14.6. The minimum absolute atomic E-state index is 0.218. The Bertz CT molecular complexity index is 969. The van der Waals surface area contributed by atoms with E-state index in [2.05, 4.69) is 14.7 Å². The molecule has 1 heterocycles. The zero-order chi connectivity index (χ0) is 19.6. The fraction of sp³-hybridized carbons (Fsp3) is 0.167. The molecule has 9 heteroatoms. The second-order valence-electron chi connectivity index (χ2n) is 5.64. The predicted molar refractivity (Wildman–Crippen MR) is 90.8 cm³/mol. The lowest BCUT2D eigenvalue weighted by molar-refractivity contribution is -0.159. The van der Waals surface area contributed by atoms with Crippen LogP contribution < -0.4 is 4.74 Å². The molecule has 0 amide bonds.